The maximum Gasteiger partial charge on any atom is 0.123 e. The molecule has 1 heterocycles. The molecule has 0 radical (unpaired) electrons. The van der Waals surface area contributed by atoms with Crippen LogP contribution in [0, 0.1) is 5.82 Å². The van der Waals surface area contributed by atoms with E-state index in [1.807, 2.05) is 0 Å². The fourth-order valence-corrected chi connectivity index (χ4v) is 2.37. The molecule has 1 atom stereocenters. The average Bonchev–Trinajstić information content (AvgIpc) is 2.41. The summed E-state index contributed by atoms with van der Waals surface area (Å²) in [5.74, 6) is 0.313. The Morgan fingerprint density at radius 3 is 2.78 bits per heavy atom. The van der Waals surface area contributed by atoms with E-state index in [-0.39, 0.29) is 18.5 Å². The van der Waals surface area contributed by atoms with Crippen molar-refractivity contribution in [3.63, 3.8) is 0 Å². The molecule has 1 aliphatic rings. The van der Waals surface area contributed by atoms with Crippen molar-refractivity contribution in [1.82, 2.24) is 10.2 Å². The van der Waals surface area contributed by atoms with E-state index in [1.54, 1.807) is 13.2 Å². The van der Waals surface area contributed by atoms with Crippen LogP contribution >= 0.6 is 0 Å². The van der Waals surface area contributed by atoms with Gasteiger partial charge in [-0.3, -0.25) is 4.90 Å². The molecule has 0 saturated carbocycles. The number of piperazine rings is 1. The molecule has 0 aliphatic carbocycles. The summed E-state index contributed by atoms with van der Waals surface area (Å²) in [5.41, 5.74) is 0.710. The summed E-state index contributed by atoms with van der Waals surface area (Å²) in [6.45, 7) is 3.40. The lowest BCUT2D eigenvalue weighted by atomic mass is 10.0. The number of hydrogen-bond donors (Lipinski definition) is 2. The molecule has 2 N–H and O–H groups in total. The molecule has 5 heteroatoms. The third-order valence-electron chi connectivity index (χ3n) is 3.32. The smallest absolute Gasteiger partial charge is 0.123 e. The average molecular weight is 254 g/mol. The molecule has 2 rings (SSSR count). The van der Waals surface area contributed by atoms with Gasteiger partial charge in [0.15, 0.2) is 0 Å². The first-order chi connectivity index (χ1) is 8.76. The van der Waals surface area contributed by atoms with Crippen molar-refractivity contribution in [1.29, 1.82) is 0 Å². The summed E-state index contributed by atoms with van der Waals surface area (Å²) in [4.78, 5) is 2.15. The quantitative estimate of drug-likeness (QED) is 0.833. The number of aliphatic hydroxyl groups excluding tert-OH is 1. The molecule has 1 fully saturated rings. The van der Waals surface area contributed by atoms with Gasteiger partial charge >= 0.3 is 0 Å². The van der Waals surface area contributed by atoms with Crippen LogP contribution in [0.3, 0.4) is 0 Å². The van der Waals surface area contributed by atoms with Gasteiger partial charge in [-0.05, 0) is 18.2 Å². The Kier molecular flexibility index (Phi) is 4.52. The molecule has 0 amide bonds. The molecule has 0 unspecified atom stereocenters. The molecule has 1 aromatic carbocycles. The van der Waals surface area contributed by atoms with E-state index in [0.29, 0.717) is 11.3 Å². The Morgan fingerprint density at radius 2 is 2.17 bits per heavy atom. The highest BCUT2D eigenvalue weighted by Crippen LogP contribution is 2.30. The van der Waals surface area contributed by atoms with Crippen molar-refractivity contribution in [3.8, 4) is 5.75 Å². The monoisotopic (exact) mass is 254 g/mol. The Balaban J connectivity index is 2.27. The normalized spacial score (nSPS) is 18.6. The first-order valence-corrected chi connectivity index (χ1v) is 6.15. The van der Waals surface area contributed by atoms with Crippen LogP contribution in [0.4, 0.5) is 4.39 Å². The second kappa shape index (κ2) is 6.13. The molecule has 0 spiro atoms. The van der Waals surface area contributed by atoms with Crippen molar-refractivity contribution in [2.45, 2.75) is 6.04 Å². The fourth-order valence-electron chi connectivity index (χ4n) is 2.37. The van der Waals surface area contributed by atoms with Gasteiger partial charge in [0.1, 0.15) is 11.6 Å². The molecule has 0 aromatic heterocycles. The van der Waals surface area contributed by atoms with Gasteiger partial charge in [-0.15, -0.1) is 0 Å². The van der Waals surface area contributed by atoms with E-state index in [0.717, 1.165) is 26.2 Å². The van der Waals surface area contributed by atoms with Crippen molar-refractivity contribution < 1.29 is 14.2 Å². The summed E-state index contributed by atoms with van der Waals surface area (Å²) in [6, 6.07) is 4.21. The van der Waals surface area contributed by atoms with Gasteiger partial charge in [-0.1, -0.05) is 0 Å². The number of hydrogen-bond acceptors (Lipinski definition) is 4. The van der Waals surface area contributed by atoms with Crippen molar-refractivity contribution in [2.24, 2.45) is 0 Å². The predicted octanol–water partition coefficient (Wildman–Crippen LogP) is 0.773. The number of nitrogens with zero attached hydrogens (tertiary/aromatic N) is 1. The standard InChI is InChI=1S/C13H19FN2O2/c1-18-13-3-2-10(14)8-11(13)12(9-17)16-6-4-15-5-7-16/h2-3,8,12,15,17H,4-7,9H2,1H3/t12-/m0/s1. The van der Waals surface area contributed by atoms with Gasteiger partial charge < -0.3 is 15.2 Å². The van der Waals surface area contributed by atoms with Gasteiger partial charge in [-0.25, -0.2) is 4.39 Å². The fraction of sp³-hybridized carbons (Fsp3) is 0.538. The number of ether oxygens (including phenoxy) is 1. The second-order valence-corrected chi connectivity index (χ2v) is 4.37. The molecule has 4 nitrogen and oxygen atoms in total. The van der Waals surface area contributed by atoms with E-state index in [1.165, 1.54) is 12.1 Å². The zero-order valence-corrected chi connectivity index (χ0v) is 10.5. The topological polar surface area (TPSA) is 44.7 Å². The van der Waals surface area contributed by atoms with Crippen molar-refractivity contribution in [2.75, 3.05) is 39.9 Å². The van der Waals surface area contributed by atoms with E-state index in [4.69, 9.17) is 4.74 Å². The maximum atomic E-state index is 13.4. The maximum absolute atomic E-state index is 13.4. The predicted molar refractivity (Wildman–Crippen MR) is 67.2 cm³/mol. The Labute approximate surface area is 106 Å². The largest absolute Gasteiger partial charge is 0.496 e. The lowest BCUT2D eigenvalue weighted by Crippen LogP contribution is -2.46. The van der Waals surface area contributed by atoms with Gasteiger partial charge in [-0.2, -0.15) is 0 Å². The van der Waals surface area contributed by atoms with Gasteiger partial charge in [0.05, 0.1) is 19.8 Å². The molecule has 1 saturated heterocycles. The molecule has 1 aliphatic heterocycles. The van der Waals surface area contributed by atoms with E-state index in [9.17, 15) is 9.50 Å². The summed E-state index contributed by atoms with van der Waals surface area (Å²) < 4.78 is 18.6. The molecule has 18 heavy (non-hydrogen) atoms. The molecule has 0 bridgehead atoms. The van der Waals surface area contributed by atoms with Crippen LogP contribution in [0.2, 0.25) is 0 Å². The number of halogens is 1. The third kappa shape index (κ3) is 2.80. The highest BCUT2D eigenvalue weighted by molar-refractivity contribution is 5.36. The van der Waals surface area contributed by atoms with Crippen LogP contribution < -0.4 is 10.1 Å². The number of aliphatic hydroxyl groups is 1. The first-order valence-electron chi connectivity index (χ1n) is 6.15. The number of benzene rings is 1. The summed E-state index contributed by atoms with van der Waals surface area (Å²) in [7, 11) is 1.56. The van der Waals surface area contributed by atoms with Gasteiger partial charge in [0, 0.05) is 31.7 Å². The second-order valence-electron chi connectivity index (χ2n) is 4.37. The first kappa shape index (κ1) is 13.3. The van der Waals surface area contributed by atoms with Crippen molar-refractivity contribution >= 4 is 0 Å². The SMILES string of the molecule is COc1ccc(F)cc1[C@H](CO)N1CCNCC1. The van der Waals surface area contributed by atoms with Crippen LogP contribution in [0.1, 0.15) is 11.6 Å². The lowest BCUT2D eigenvalue weighted by molar-refractivity contribution is 0.108. The highest BCUT2D eigenvalue weighted by Gasteiger charge is 2.24. The van der Waals surface area contributed by atoms with Crippen molar-refractivity contribution in [3.05, 3.63) is 29.6 Å². The molecular formula is C13H19FN2O2. The highest BCUT2D eigenvalue weighted by atomic mass is 19.1. The number of rotatable bonds is 4. The lowest BCUT2D eigenvalue weighted by Gasteiger charge is -2.34. The number of nitrogens with one attached hydrogen (secondary N) is 1. The van der Waals surface area contributed by atoms with Crippen LogP contribution in [-0.2, 0) is 0 Å². The minimum Gasteiger partial charge on any atom is -0.496 e. The Bertz CT molecular complexity index is 395. The Morgan fingerprint density at radius 1 is 1.44 bits per heavy atom. The van der Waals surface area contributed by atoms with Crippen LogP contribution in [0.5, 0.6) is 5.75 Å². The minimum atomic E-state index is -0.306. The summed E-state index contributed by atoms with van der Waals surface area (Å²) in [6.07, 6.45) is 0. The van der Waals surface area contributed by atoms with Crippen LogP contribution in [-0.4, -0.2) is 49.9 Å². The minimum absolute atomic E-state index is 0.0419. The van der Waals surface area contributed by atoms with E-state index in [2.05, 4.69) is 10.2 Å². The zero-order chi connectivity index (χ0) is 13.0. The van der Waals surface area contributed by atoms with Gasteiger partial charge in [0.25, 0.3) is 0 Å². The van der Waals surface area contributed by atoms with E-state index >= 15 is 0 Å². The summed E-state index contributed by atoms with van der Waals surface area (Å²) >= 11 is 0. The van der Waals surface area contributed by atoms with Crippen LogP contribution in [0.25, 0.3) is 0 Å². The van der Waals surface area contributed by atoms with Gasteiger partial charge in [0.2, 0.25) is 0 Å². The third-order valence-corrected chi connectivity index (χ3v) is 3.32. The Hall–Kier alpha value is -1.17. The van der Waals surface area contributed by atoms with Crippen LogP contribution in [0.15, 0.2) is 18.2 Å². The zero-order valence-electron chi connectivity index (χ0n) is 10.5. The molecule has 1 aromatic rings. The van der Waals surface area contributed by atoms with E-state index < -0.39 is 0 Å². The molecule has 100 valence electrons. The summed E-state index contributed by atoms with van der Waals surface area (Å²) in [5, 5.41) is 12.9. The number of methoxy groups -OCH3 is 1. The molecular weight excluding hydrogens is 235 g/mol.